The van der Waals surface area contributed by atoms with Crippen LogP contribution in [0.1, 0.15) is 41.7 Å². The molecule has 2 saturated heterocycles. The second-order valence-electron chi connectivity index (χ2n) is 5.97. The highest BCUT2D eigenvalue weighted by atomic mass is 16.5. The average molecular weight is 304 g/mol. The zero-order chi connectivity index (χ0) is 15.4. The molecule has 3 heterocycles. The average Bonchev–Trinajstić information content (AvgIpc) is 2.84. The number of amides is 1. The summed E-state index contributed by atoms with van der Waals surface area (Å²) < 4.78 is 5.35. The Morgan fingerprint density at radius 1 is 1.09 bits per heavy atom. The van der Waals surface area contributed by atoms with Crippen molar-refractivity contribution in [1.29, 1.82) is 0 Å². The maximum Gasteiger partial charge on any atom is 0.257 e. The van der Waals surface area contributed by atoms with E-state index in [9.17, 15) is 4.79 Å². The summed E-state index contributed by atoms with van der Waals surface area (Å²) in [6.45, 7) is 6.62. The van der Waals surface area contributed by atoms with E-state index >= 15 is 0 Å². The minimum absolute atomic E-state index is 0.0768. The summed E-state index contributed by atoms with van der Waals surface area (Å²) in [6, 6.07) is 0. The van der Waals surface area contributed by atoms with Crippen LogP contribution < -0.4 is 4.90 Å². The number of rotatable bonds is 2. The summed E-state index contributed by atoms with van der Waals surface area (Å²) in [5.41, 5.74) is 1.41. The minimum Gasteiger partial charge on any atom is -0.378 e. The molecule has 0 saturated carbocycles. The molecule has 6 heteroatoms. The SMILES string of the molecule is Cc1nc(N2CCOCC2)ncc1C(=O)N1CCCCCC1. The highest BCUT2D eigenvalue weighted by molar-refractivity contribution is 5.95. The van der Waals surface area contributed by atoms with Gasteiger partial charge in [-0.2, -0.15) is 0 Å². The van der Waals surface area contributed by atoms with E-state index in [1.807, 2.05) is 11.8 Å². The first-order valence-corrected chi connectivity index (χ1v) is 8.21. The third-order valence-corrected chi connectivity index (χ3v) is 4.38. The molecule has 0 atom stereocenters. The van der Waals surface area contributed by atoms with Crippen molar-refractivity contribution < 1.29 is 9.53 Å². The Bertz CT molecular complexity index is 521. The summed E-state index contributed by atoms with van der Waals surface area (Å²) in [4.78, 5) is 25.7. The number of anilines is 1. The lowest BCUT2D eigenvalue weighted by Gasteiger charge is -2.27. The van der Waals surface area contributed by atoms with E-state index in [1.54, 1.807) is 6.20 Å². The van der Waals surface area contributed by atoms with Gasteiger partial charge in [-0.25, -0.2) is 9.97 Å². The van der Waals surface area contributed by atoms with E-state index in [1.165, 1.54) is 12.8 Å². The molecule has 0 bridgehead atoms. The Morgan fingerprint density at radius 2 is 1.77 bits per heavy atom. The lowest BCUT2D eigenvalue weighted by molar-refractivity contribution is 0.0760. The highest BCUT2D eigenvalue weighted by Crippen LogP contribution is 2.17. The molecule has 0 unspecified atom stereocenters. The van der Waals surface area contributed by atoms with E-state index in [2.05, 4.69) is 14.9 Å². The first-order valence-electron chi connectivity index (χ1n) is 8.21. The Kier molecular flexibility index (Phi) is 4.87. The molecule has 120 valence electrons. The van der Waals surface area contributed by atoms with Crippen LogP contribution in [0.2, 0.25) is 0 Å². The van der Waals surface area contributed by atoms with E-state index < -0.39 is 0 Å². The summed E-state index contributed by atoms with van der Waals surface area (Å²) >= 11 is 0. The molecule has 2 fully saturated rings. The molecule has 1 amide bonds. The van der Waals surface area contributed by atoms with Gasteiger partial charge in [0, 0.05) is 32.4 Å². The topological polar surface area (TPSA) is 58.6 Å². The monoisotopic (exact) mass is 304 g/mol. The number of carbonyl (C=O) groups excluding carboxylic acids is 1. The molecule has 2 aliphatic heterocycles. The van der Waals surface area contributed by atoms with Crippen molar-refractivity contribution in [2.75, 3.05) is 44.3 Å². The van der Waals surface area contributed by atoms with Crippen molar-refractivity contribution in [3.63, 3.8) is 0 Å². The van der Waals surface area contributed by atoms with Crippen molar-refractivity contribution in [3.8, 4) is 0 Å². The minimum atomic E-state index is 0.0768. The van der Waals surface area contributed by atoms with Gasteiger partial charge in [0.25, 0.3) is 5.91 Å². The normalized spacial score (nSPS) is 19.9. The predicted molar refractivity (Wildman–Crippen MR) is 84.2 cm³/mol. The molecule has 0 aliphatic carbocycles. The molecule has 6 nitrogen and oxygen atoms in total. The standard InChI is InChI=1S/C16H24N4O2/c1-13-14(15(21)19-6-4-2-3-5-7-19)12-17-16(18-13)20-8-10-22-11-9-20/h12H,2-11H2,1H3. The van der Waals surface area contributed by atoms with Crippen LogP contribution >= 0.6 is 0 Å². The molecular weight excluding hydrogens is 280 g/mol. The van der Waals surface area contributed by atoms with Crippen LogP contribution in [0.25, 0.3) is 0 Å². The van der Waals surface area contributed by atoms with Crippen LogP contribution in [0.5, 0.6) is 0 Å². The zero-order valence-electron chi connectivity index (χ0n) is 13.3. The number of carbonyl (C=O) groups is 1. The van der Waals surface area contributed by atoms with Crippen molar-refractivity contribution in [3.05, 3.63) is 17.5 Å². The van der Waals surface area contributed by atoms with Crippen LogP contribution in [0.4, 0.5) is 5.95 Å². The Morgan fingerprint density at radius 3 is 2.41 bits per heavy atom. The molecule has 0 aromatic carbocycles. The zero-order valence-corrected chi connectivity index (χ0v) is 13.3. The van der Waals surface area contributed by atoms with Crippen molar-refractivity contribution in [2.24, 2.45) is 0 Å². The number of aromatic nitrogens is 2. The Labute approximate surface area is 131 Å². The fourth-order valence-corrected chi connectivity index (χ4v) is 3.02. The van der Waals surface area contributed by atoms with Crippen LogP contribution in [0, 0.1) is 6.92 Å². The van der Waals surface area contributed by atoms with E-state index in [-0.39, 0.29) is 5.91 Å². The molecule has 1 aromatic heterocycles. The Hall–Kier alpha value is -1.69. The third kappa shape index (κ3) is 3.38. The first kappa shape index (κ1) is 15.2. The molecule has 0 radical (unpaired) electrons. The van der Waals surface area contributed by atoms with Gasteiger partial charge in [0.2, 0.25) is 5.95 Å². The summed E-state index contributed by atoms with van der Waals surface area (Å²) in [7, 11) is 0. The van der Waals surface area contributed by atoms with Gasteiger partial charge >= 0.3 is 0 Å². The molecule has 0 spiro atoms. The van der Waals surface area contributed by atoms with Crippen LogP contribution in [0.3, 0.4) is 0 Å². The molecule has 1 aromatic rings. The fourth-order valence-electron chi connectivity index (χ4n) is 3.02. The maximum absolute atomic E-state index is 12.7. The van der Waals surface area contributed by atoms with E-state index in [4.69, 9.17) is 4.74 Å². The van der Waals surface area contributed by atoms with Gasteiger partial charge in [0.05, 0.1) is 24.5 Å². The number of ether oxygens (including phenoxy) is 1. The highest BCUT2D eigenvalue weighted by Gasteiger charge is 2.21. The third-order valence-electron chi connectivity index (χ3n) is 4.38. The van der Waals surface area contributed by atoms with Gasteiger partial charge in [0.15, 0.2) is 0 Å². The number of likely N-dealkylation sites (tertiary alicyclic amines) is 1. The second-order valence-corrected chi connectivity index (χ2v) is 5.97. The van der Waals surface area contributed by atoms with Gasteiger partial charge in [-0.15, -0.1) is 0 Å². The summed E-state index contributed by atoms with van der Waals surface area (Å²) in [5.74, 6) is 0.779. The largest absolute Gasteiger partial charge is 0.378 e. The van der Waals surface area contributed by atoms with Crippen LogP contribution in [0.15, 0.2) is 6.20 Å². The number of aryl methyl sites for hydroxylation is 1. The number of hydrogen-bond donors (Lipinski definition) is 0. The Balaban J connectivity index is 1.74. The maximum atomic E-state index is 12.7. The number of nitrogens with zero attached hydrogens (tertiary/aromatic N) is 4. The molecule has 0 N–H and O–H groups in total. The van der Waals surface area contributed by atoms with Gasteiger partial charge in [-0.05, 0) is 19.8 Å². The number of hydrogen-bond acceptors (Lipinski definition) is 5. The number of morpholine rings is 1. The first-order chi connectivity index (χ1) is 10.8. The lowest BCUT2D eigenvalue weighted by atomic mass is 10.2. The van der Waals surface area contributed by atoms with E-state index in [0.29, 0.717) is 24.7 Å². The molecule has 22 heavy (non-hydrogen) atoms. The lowest BCUT2D eigenvalue weighted by Crippen LogP contribution is -2.38. The summed E-state index contributed by atoms with van der Waals surface area (Å²) in [5, 5.41) is 0. The van der Waals surface area contributed by atoms with Crippen molar-refractivity contribution in [2.45, 2.75) is 32.6 Å². The van der Waals surface area contributed by atoms with Gasteiger partial charge < -0.3 is 14.5 Å². The van der Waals surface area contributed by atoms with Crippen molar-refractivity contribution in [1.82, 2.24) is 14.9 Å². The van der Waals surface area contributed by atoms with Crippen molar-refractivity contribution >= 4 is 11.9 Å². The second kappa shape index (κ2) is 7.05. The van der Waals surface area contributed by atoms with Crippen LogP contribution in [-0.4, -0.2) is 60.2 Å². The fraction of sp³-hybridized carbons (Fsp3) is 0.688. The molecular formula is C16H24N4O2. The summed E-state index contributed by atoms with van der Waals surface area (Å²) in [6.07, 6.45) is 6.32. The quantitative estimate of drug-likeness (QED) is 0.831. The van der Waals surface area contributed by atoms with Gasteiger partial charge in [-0.3, -0.25) is 4.79 Å². The molecule has 2 aliphatic rings. The van der Waals surface area contributed by atoms with E-state index in [0.717, 1.165) is 44.7 Å². The predicted octanol–water partition coefficient (Wildman–Crippen LogP) is 1.64. The van der Waals surface area contributed by atoms with Gasteiger partial charge in [-0.1, -0.05) is 12.8 Å². The van der Waals surface area contributed by atoms with Crippen LogP contribution in [-0.2, 0) is 4.74 Å². The molecule has 3 rings (SSSR count). The van der Waals surface area contributed by atoms with Gasteiger partial charge in [0.1, 0.15) is 0 Å². The smallest absolute Gasteiger partial charge is 0.257 e.